The fourth-order valence-electron chi connectivity index (χ4n) is 14.0. The fourth-order valence-corrected chi connectivity index (χ4v) is 14.0. The van der Waals surface area contributed by atoms with Gasteiger partial charge >= 0.3 is 34.1 Å². The Balaban J connectivity index is 0.00000376. The molecule has 0 amide bonds. The zero-order valence-corrected chi connectivity index (χ0v) is 54.2. The topological polar surface area (TPSA) is 108 Å². The minimum atomic E-state index is 0. The SMILES string of the molecule is C1=Cc2nc1c(-c1ccccc1)c1ccc([n-]1)c(-c1ccccc1)c1nc(c(-c3ccccc3-c3cc4[n-]c3c(-c3ccccc3)c3nc(c(-c5ccccc5)c5ccc([n-]5)c(-c5ccccc5)c5nc(c4-c4ccccc4)C=C5)C=C3)c3ccc([n-]3)c2-c2ccccc2)C=C1.[Cu+2].[Cu+2]. The van der Waals surface area contributed by atoms with Crippen molar-refractivity contribution in [1.82, 2.24) is 39.9 Å². The molecule has 0 saturated carbocycles. The first-order valence-electron chi connectivity index (χ1n) is 32.2. The number of hydrogen-bond acceptors (Lipinski definition) is 4. The van der Waals surface area contributed by atoms with E-state index >= 15 is 0 Å². The van der Waals surface area contributed by atoms with Gasteiger partial charge in [0.05, 0.1) is 45.6 Å². The van der Waals surface area contributed by atoms with Crippen molar-refractivity contribution in [3.63, 3.8) is 0 Å². The van der Waals surface area contributed by atoms with Gasteiger partial charge in [-0.1, -0.05) is 279 Å². The average molecular weight is 1350 g/mol. The first-order valence-corrected chi connectivity index (χ1v) is 32.2. The molecule has 0 saturated heterocycles. The van der Waals surface area contributed by atoms with Gasteiger partial charge in [-0.2, -0.15) is 0 Å². The molecule has 8 aromatic carbocycles. The van der Waals surface area contributed by atoms with Gasteiger partial charge in [0.2, 0.25) is 0 Å². The summed E-state index contributed by atoms with van der Waals surface area (Å²) in [7, 11) is 0. The molecule has 468 valence electrons. The number of benzene rings is 8. The minimum Gasteiger partial charge on any atom is -0.657 e. The Morgan fingerprint density at radius 3 is 0.673 bits per heavy atom. The van der Waals surface area contributed by atoms with Crippen LogP contribution in [0.5, 0.6) is 0 Å². The summed E-state index contributed by atoms with van der Waals surface area (Å²) in [5.41, 5.74) is 29.3. The molecule has 6 aromatic heterocycles. The van der Waals surface area contributed by atoms with Crippen LogP contribution in [0.25, 0.3) is 193 Å². The maximum Gasteiger partial charge on any atom is 2.00 e. The van der Waals surface area contributed by atoms with Crippen LogP contribution in [0.4, 0.5) is 0 Å². The molecule has 98 heavy (non-hydrogen) atoms. The Hall–Kier alpha value is -12.0. The van der Waals surface area contributed by atoms with Crippen molar-refractivity contribution in [2.24, 2.45) is 0 Å². The number of fused-ring (bicyclic) bond motifs is 16. The van der Waals surface area contributed by atoms with E-state index in [1.54, 1.807) is 0 Å². The summed E-state index contributed by atoms with van der Waals surface area (Å²) in [6.45, 7) is 0. The molecule has 10 heterocycles. The van der Waals surface area contributed by atoms with Crippen LogP contribution in [0, 0.1) is 0 Å². The van der Waals surface area contributed by atoms with Crippen LogP contribution in [0.2, 0.25) is 0 Å². The zero-order valence-electron chi connectivity index (χ0n) is 52.4. The van der Waals surface area contributed by atoms with Crippen LogP contribution in [-0.4, -0.2) is 19.9 Å². The molecule has 0 aliphatic carbocycles. The third kappa shape index (κ3) is 10.9. The van der Waals surface area contributed by atoms with Crippen LogP contribution in [0.15, 0.2) is 279 Å². The Morgan fingerprint density at radius 1 is 0.173 bits per heavy atom. The summed E-state index contributed by atoms with van der Waals surface area (Å²) < 4.78 is 0. The van der Waals surface area contributed by atoms with Gasteiger partial charge in [-0.25, -0.2) is 19.9 Å². The summed E-state index contributed by atoms with van der Waals surface area (Å²) in [5, 5.41) is 0. The molecule has 0 spiro atoms. The van der Waals surface area contributed by atoms with Crippen molar-refractivity contribution in [3.05, 3.63) is 325 Å². The van der Waals surface area contributed by atoms with Crippen LogP contribution < -0.4 is 19.9 Å². The first-order chi connectivity index (χ1) is 47.6. The Kier molecular flexibility index (Phi) is 16.1. The Labute approximate surface area is 587 Å². The molecule has 0 unspecified atom stereocenters. The van der Waals surface area contributed by atoms with E-state index in [0.717, 1.165) is 190 Å². The predicted molar refractivity (Wildman–Crippen MR) is 396 cm³/mol. The van der Waals surface area contributed by atoms with Gasteiger partial charge < -0.3 is 19.9 Å². The van der Waals surface area contributed by atoms with Gasteiger partial charge in [-0.05, 0) is 149 Å². The first kappa shape index (κ1) is 60.9. The second-order valence-corrected chi connectivity index (χ2v) is 24.0. The van der Waals surface area contributed by atoms with Crippen LogP contribution in [0.3, 0.4) is 0 Å². The number of hydrogen-bond donors (Lipinski definition) is 0. The number of rotatable bonds is 9. The van der Waals surface area contributed by atoms with Gasteiger partial charge in [0.1, 0.15) is 0 Å². The van der Waals surface area contributed by atoms with E-state index in [1.807, 2.05) is 30.3 Å². The van der Waals surface area contributed by atoms with Gasteiger partial charge in [-0.15, -0.1) is 44.1 Å². The average Bonchev–Trinajstić information content (AvgIpc) is 1.58. The van der Waals surface area contributed by atoms with Gasteiger partial charge in [0, 0.05) is 0 Å². The summed E-state index contributed by atoms with van der Waals surface area (Å²) >= 11 is 0. The Morgan fingerprint density at radius 2 is 0.388 bits per heavy atom. The van der Waals surface area contributed by atoms with Crippen molar-refractivity contribution in [3.8, 4) is 100 Å². The quantitative estimate of drug-likeness (QED) is 0.132. The van der Waals surface area contributed by atoms with E-state index in [1.165, 1.54) is 0 Å². The number of nitrogens with zero attached hydrogens (tertiary/aromatic N) is 8. The zero-order chi connectivity index (χ0) is 63.5. The van der Waals surface area contributed by atoms with Crippen molar-refractivity contribution in [1.29, 1.82) is 0 Å². The van der Waals surface area contributed by atoms with E-state index < -0.39 is 0 Å². The van der Waals surface area contributed by atoms with Crippen molar-refractivity contribution in [2.45, 2.75) is 0 Å². The van der Waals surface area contributed by atoms with E-state index in [9.17, 15) is 0 Å². The van der Waals surface area contributed by atoms with Crippen LogP contribution in [0.1, 0.15) is 45.6 Å². The standard InChI is InChI=1S/C88H54N8.2Cu/c1-8-24-55(25-9-1)80-65-41-44-69(90-65)83(58-30-14-4-15-31-58)73-49-52-77(94-73)87(78-53-50-74(95-78)84(59-32-16-5-17-33-59)70-45-42-66(80)91-70)63-39-23-22-38-62(63)64-54-79-85(60-34-18-6-19-35-60)75-47-46-71(92-75)81(56-26-10-2-11-27-56)67-40-43-68(89-67)82(57-28-12-3-13-29-57)72-48-51-76(93-72)86(88(64)96-79)61-36-20-7-21-37-61;;/h1-54H;;/q-4;2*+2. The molecule has 4 aliphatic heterocycles. The normalized spacial score (nSPS) is 12.0. The van der Waals surface area contributed by atoms with Crippen LogP contribution in [-0.2, 0) is 34.1 Å². The third-order valence-electron chi connectivity index (χ3n) is 18.3. The third-order valence-corrected chi connectivity index (χ3v) is 18.3. The molecule has 4 aliphatic rings. The van der Waals surface area contributed by atoms with Gasteiger partial charge in [-0.3, -0.25) is 0 Å². The minimum absolute atomic E-state index is 0. The van der Waals surface area contributed by atoms with Crippen molar-refractivity contribution >= 4 is 92.7 Å². The van der Waals surface area contributed by atoms with Crippen molar-refractivity contribution in [2.75, 3.05) is 0 Å². The molecule has 0 fully saturated rings. The van der Waals surface area contributed by atoms with Crippen molar-refractivity contribution < 1.29 is 34.1 Å². The van der Waals surface area contributed by atoms with Crippen LogP contribution >= 0.6 is 0 Å². The molecule has 10 heteroatoms. The summed E-state index contributed by atoms with van der Waals surface area (Å²) in [6, 6.07) is 96.9. The second-order valence-electron chi connectivity index (χ2n) is 24.0. The van der Waals surface area contributed by atoms with E-state index in [-0.39, 0.29) is 34.1 Å². The molecular formula is C88H54Cu2N8. The molecule has 0 N–H and O–H groups in total. The molecule has 14 aromatic rings. The van der Waals surface area contributed by atoms with Gasteiger partial charge in [0.15, 0.2) is 0 Å². The summed E-state index contributed by atoms with van der Waals surface area (Å²) in [6.07, 6.45) is 17.0. The summed E-state index contributed by atoms with van der Waals surface area (Å²) in [4.78, 5) is 45.4. The fraction of sp³-hybridized carbons (Fsp3) is 0. The summed E-state index contributed by atoms with van der Waals surface area (Å²) in [5.74, 6) is 0. The van der Waals surface area contributed by atoms with Gasteiger partial charge in [0.25, 0.3) is 0 Å². The van der Waals surface area contributed by atoms with E-state index in [0.29, 0.717) is 0 Å². The maximum atomic E-state index is 5.98. The van der Waals surface area contributed by atoms with E-state index in [2.05, 4.69) is 297 Å². The van der Waals surface area contributed by atoms with E-state index in [4.69, 9.17) is 39.9 Å². The molecule has 8 nitrogen and oxygen atoms in total. The number of aromatic nitrogens is 8. The second kappa shape index (κ2) is 26.0. The molecule has 18 rings (SSSR count). The maximum absolute atomic E-state index is 5.98. The molecule has 2 radical (unpaired) electrons. The predicted octanol–water partition coefficient (Wildman–Crippen LogP) is 21.1. The monoisotopic (exact) mass is 1350 g/mol. The largest absolute Gasteiger partial charge is 2.00 e. The molecular weight excluding hydrogens is 1300 g/mol. The molecule has 16 bridgehead atoms. The molecule has 0 atom stereocenters. The Bertz CT molecular complexity index is 5870. The smallest absolute Gasteiger partial charge is 0.657 e.